The van der Waals surface area contributed by atoms with Crippen molar-refractivity contribution in [3.8, 4) is 10.6 Å². The number of aromatic nitrogens is 3. The van der Waals surface area contributed by atoms with Crippen LogP contribution < -0.4 is 5.32 Å². The molecule has 1 aromatic carbocycles. The second-order valence-electron chi connectivity index (χ2n) is 5.18. The van der Waals surface area contributed by atoms with Crippen LogP contribution in [-0.4, -0.2) is 20.7 Å². The number of thiazole rings is 1. The first kappa shape index (κ1) is 15.4. The normalized spacial score (nSPS) is 10.7. The van der Waals surface area contributed by atoms with Crippen molar-refractivity contribution in [1.29, 1.82) is 0 Å². The molecule has 1 amide bonds. The highest BCUT2D eigenvalue weighted by Crippen LogP contribution is 2.23. The number of hydrogen-bond donors (Lipinski definition) is 1. The molecule has 0 unspecified atom stereocenters. The Morgan fingerprint density at radius 1 is 1.30 bits per heavy atom. The molecule has 1 N–H and O–H groups in total. The molecule has 6 heteroatoms. The second-order valence-corrected chi connectivity index (χ2v) is 6.04. The molecule has 0 spiro atoms. The van der Waals surface area contributed by atoms with Crippen molar-refractivity contribution >= 4 is 17.2 Å². The Balaban J connectivity index is 1.67. The Kier molecular flexibility index (Phi) is 4.52. The molecule has 0 saturated heterocycles. The maximum atomic E-state index is 12.3. The second kappa shape index (κ2) is 6.75. The first-order chi connectivity index (χ1) is 11.2. The first-order valence-corrected chi connectivity index (χ1v) is 8.38. The average molecular weight is 326 g/mol. The zero-order valence-corrected chi connectivity index (χ0v) is 13.9. The largest absolute Gasteiger partial charge is 0.345 e. The van der Waals surface area contributed by atoms with Gasteiger partial charge in [0.15, 0.2) is 0 Å². The molecule has 0 fully saturated rings. The van der Waals surface area contributed by atoms with Gasteiger partial charge in [0, 0.05) is 17.5 Å². The lowest BCUT2D eigenvalue weighted by atomic mass is 10.2. The van der Waals surface area contributed by atoms with Gasteiger partial charge in [-0.1, -0.05) is 30.3 Å². The molecular formula is C17H18N4OS. The molecule has 0 saturated carbocycles. The summed E-state index contributed by atoms with van der Waals surface area (Å²) >= 11 is 1.58. The fourth-order valence-electron chi connectivity index (χ4n) is 2.33. The molecule has 0 aliphatic heterocycles. The molecule has 23 heavy (non-hydrogen) atoms. The monoisotopic (exact) mass is 326 g/mol. The van der Waals surface area contributed by atoms with Gasteiger partial charge in [-0.15, -0.1) is 11.3 Å². The molecule has 0 aliphatic rings. The van der Waals surface area contributed by atoms with Gasteiger partial charge in [0.25, 0.3) is 5.91 Å². The van der Waals surface area contributed by atoms with Gasteiger partial charge in [-0.2, -0.15) is 5.10 Å². The van der Waals surface area contributed by atoms with E-state index in [1.54, 1.807) is 22.1 Å². The van der Waals surface area contributed by atoms with Crippen molar-refractivity contribution in [2.75, 3.05) is 0 Å². The van der Waals surface area contributed by atoms with Crippen LogP contribution in [0, 0.1) is 6.92 Å². The number of carbonyl (C=O) groups is 1. The summed E-state index contributed by atoms with van der Waals surface area (Å²) in [6.07, 6.45) is 0. The van der Waals surface area contributed by atoms with Crippen LogP contribution in [0.1, 0.15) is 28.8 Å². The average Bonchev–Trinajstić information content (AvgIpc) is 3.20. The minimum absolute atomic E-state index is 0.123. The van der Waals surface area contributed by atoms with Crippen LogP contribution >= 0.6 is 11.3 Å². The highest BCUT2D eigenvalue weighted by molar-refractivity contribution is 7.13. The van der Waals surface area contributed by atoms with Gasteiger partial charge >= 0.3 is 0 Å². The standard InChI is InChI=1S/C17H18N4OS/c1-3-21-15(9-12(2)20-21)16(22)18-10-14-11-23-17(19-14)13-7-5-4-6-8-13/h4-9,11H,3,10H2,1-2H3,(H,18,22). The van der Waals surface area contributed by atoms with Gasteiger partial charge in [-0.05, 0) is 19.9 Å². The molecule has 2 heterocycles. The lowest BCUT2D eigenvalue weighted by Crippen LogP contribution is -2.25. The number of aryl methyl sites for hydroxylation is 2. The Morgan fingerprint density at radius 3 is 2.83 bits per heavy atom. The van der Waals surface area contributed by atoms with E-state index < -0.39 is 0 Å². The van der Waals surface area contributed by atoms with E-state index in [0.717, 1.165) is 22.0 Å². The Hall–Kier alpha value is -2.47. The van der Waals surface area contributed by atoms with E-state index in [0.29, 0.717) is 18.8 Å². The summed E-state index contributed by atoms with van der Waals surface area (Å²) in [7, 11) is 0. The summed E-state index contributed by atoms with van der Waals surface area (Å²) < 4.78 is 1.71. The summed E-state index contributed by atoms with van der Waals surface area (Å²) in [4.78, 5) is 16.9. The number of benzene rings is 1. The third-order valence-electron chi connectivity index (χ3n) is 3.44. The van der Waals surface area contributed by atoms with Crippen molar-refractivity contribution in [1.82, 2.24) is 20.1 Å². The van der Waals surface area contributed by atoms with Crippen LogP contribution in [0.3, 0.4) is 0 Å². The van der Waals surface area contributed by atoms with Gasteiger partial charge in [0.1, 0.15) is 10.7 Å². The summed E-state index contributed by atoms with van der Waals surface area (Å²) in [5.41, 5.74) is 3.39. The Bertz CT molecular complexity index is 807. The van der Waals surface area contributed by atoms with Gasteiger partial charge in [0.05, 0.1) is 17.9 Å². The predicted octanol–water partition coefficient (Wildman–Crippen LogP) is 3.26. The van der Waals surface area contributed by atoms with E-state index in [1.807, 2.05) is 49.6 Å². The quantitative estimate of drug-likeness (QED) is 0.783. The Labute approximate surface area is 139 Å². The molecule has 0 aliphatic carbocycles. The maximum Gasteiger partial charge on any atom is 0.269 e. The molecule has 3 aromatic rings. The molecule has 0 atom stereocenters. The van der Waals surface area contributed by atoms with Crippen LogP contribution in [0.5, 0.6) is 0 Å². The zero-order valence-electron chi connectivity index (χ0n) is 13.1. The van der Waals surface area contributed by atoms with E-state index in [4.69, 9.17) is 0 Å². The van der Waals surface area contributed by atoms with Gasteiger partial charge in [-0.25, -0.2) is 4.98 Å². The fourth-order valence-corrected chi connectivity index (χ4v) is 3.16. The number of rotatable bonds is 5. The fraction of sp³-hybridized carbons (Fsp3) is 0.235. The SMILES string of the molecule is CCn1nc(C)cc1C(=O)NCc1csc(-c2ccccc2)n1. The molecule has 5 nitrogen and oxygen atoms in total. The number of carbonyl (C=O) groups excluding carboxylic acids is 1. The lowest BCUT2D eigenvalue weighted by molar-refractivity contribution is 0.0940. The predicted molar refractivity (Wildman–Crippen MR) is 91.4 cm³/mol. The van der Waals surface area contributed by atoms with Crippen molar-refractivity contribution in [3.63, 3.8) is 0 Å². The van der Waals surface area contributed by atoms with E-state index in [-0.39, 0.29) is 5.91 Å². The molecule has 118 valence electrons. The Morgan fingerprint density at radius 2 is 2.09 bits per heavy atom. The van der Waals surface area contributed by atoms with Crippen molar-refractivity contribution in [3.05, 3.63) is 58.9 Å². The van der Waals surface area contributed by atoms with Gasteiger partial charge < -0.3 is 5.32 Å². The lowest BCUT2D eigenvalue weighted by Gasteiger charge is -2.05. The van der Waals surface area contributed by atoms with Crippen LogP contribution in [-0.2, 0) is 13.1 Å². The highest BCUT2D eigenvalue weighted by atomic mass is 32.1. The number of nitrogens with one attached hydrogen (secondary N) is 1. The summed E-state index contributed by atoms with van der Waals surface area (Å²) in [6.45, 7) is 4.94. The van der Waals surface area contributed by atoms with E-state index in [1.165, 1.54) is 0 Å². The van der Waals surface area contributed by atoms with E-state index >= 15 is 0 Å². The highest BCUT2D eigenvalue weighted by Gasteiger charge is 2.13. The van der Waals surface area contributed by atoms with E-state index in [9.17, 15) is 4.79 Å². The summed E-state index contributed by atoms with van der Waals surface area (Å²) in [6, 6.07) is 11.8. The third kappa shape index (κ3) is 3.48. The molecule has 3 rings (SSSR count). The minimum atomic E-state index is -0.123. The van der Waals surface area contributed by atoms with Crippen molar-refractivity contribution < 1.29 is 4.79 Å². The van der Waals surface area contributed by atoms with Crippen molar-refractivity contribution in [2.45, 2.75) is 26.9 Å². The number of amides is 1. The molecule has 0 radical (unpaired) electrons. The molecule has 2 aromatic heterocycles. The van der Waals surface area contributed by atoms with E-state index in [2.05, 4.69) is 15.4 Å². The van der Waals surface area contributed by atoms with Crippen molar-refractivity contribution in [2.24, 2.45) is 0 Å². The topological polar surface area (TPSA) is 59.8 Å². The zero-order chi connectivity index (χ0) is 16.2. The molecular weight excluding hydrogens is 308 g/mol. The molecule has 0 bridgehead atoms. The van der Waals surface area contributed by atoms with Gasteiger partial charge in [0.2, 0.25) is 0 Å². The summed E-state index contributed by atoms with van der Waals surface area (Å²) in [5, 5.41) is 10.1. The van der Waals surface area contributed by atoms with Crippen LogP contribution in [0.2, 0.25) is 0 Å². The summed E-state index contributed by atoms with van der Waals surface area (Å²) in [5.74, 6) is -0.123. The number of nitrogens with zero attached hydrogens (tertiary/aromatic N) is 3. The van der Waals surface area contributed by atoms with Gasteiger partial charge in [-0.3, -0.25) is 9.48 Å². The smallest absolute Gasteiger partial charge is 0.269 e. The minimum Gasteiger partial charge on any atom is -0.345 e. The van der Waals surface area contributed by atoms with Crippen LogP contribution in [0.25, 0.3) is 10.6 Å². The maximum absolute atomic E-state index is 12.3. The first-order valence-electron chi connectivity index (χ1n) is 7.50. The third-order valence-corrected chi connectivity index (χ3v) is 4.38. The van der Waals surface area contributed by atoms with Crippen LogP contribution in [0.4, 0.5) is 0 Å². The van der Waals surface area contributed by atoms with Crippen LogP contribution in [0.15, 0.2) is 41.8 Å². The number of hydrogen-bond acceptors (Lipinski definition) is 4.